The van der Waals surface area contributed by atoms with E-state index in [9.17, 15) is 0 Å². The van der Waals surface area contributed by atoms with Crippen LogP contribution in [-0.4, -0.2) is 12.1 Å². The topological polar surface area (TPSA) is 27.0 Å². The van der Waals surface area contributed by atoms with Gasteiger partial charge < -0.3 is 4.90 Å². The fourth-order valence-corrected chi connectivity index (χ4v) is 2.79. The summed E-state index contributed by atoms with van der Waals surface area (Å²) in [7, 11) is 0. The summed E-state index contributed by atoms with van der Waals surface area (Å²) in [6.45, 7) is 5.50. The minimum atomic E-state index is 0.153. The van der Waals surface area contributed by atoms with Gasteiger partial charge in [0.25, 0.3) is 0 Å². The molecule has 0 amide bonds. The van der Waals surface area contributed by atoms with Crippen molar-refractivity contribution in [3.63, 3.8) is 0 Å². The lowest BCUT2D eigenvalue weighted by atomic mass is 9.83. The number of halogens is 1. The Hall–Kier alpha value is -1.20. The summed E-state index contributed by atoms with van der Waals surface area (Å²) in [6, 6.07) is 10.3. The lowest BCUT2D eigenvalue weighted by Gasteiger charge is -2.47. The molecule has 96 valence electrons. The number of rotatable bonds is 2. The number of anilines is 1. The number of piperidine rings is 1. The molecule has 1 fully saturated rings. The predicted molar refractivity (Wildman–Crippen MR) is 75.8 cm³/mol. The van der Waals surface area contributed by atoms with Crippen molar-refractivity contribution >= 4 is 17.3 Å². The number of nitrogens with zero attached hydrogens (tertiary/aromatic N) is 2. The minimum Gasteiger partial charge on any atom is -0.366 e. The van der Waals surface area contributed by atoms with Crippen molar-refractivity contribution in [2.75, 3.05) is 11.4 Å². The van der Waals surface area contributed by atoms with Crippen LogP contribution in [-0.2, 0) is 0 Å². The van der Waals surface area contributed by atoms with Gasteiger partial charge in [-0.25, -0.2) is 0 Å². The van der Waals surface area contributed by atoms with Crippen LogP contribution in [0.5, 0.6) is 0 Å². The molecular formula is C15H19ClN2. The summed E-state index contributed by atoms with van der Waals surface area (Å²) in [4.78, 5) is 2.41. The molecule has 0 bridgehead atoms. The van der Waals surface area contributed by atoms with Crippen LogP contribution < -0.4 is 4.90 Å². The third-order valence-corrected chi connectivity index (χ3v) is 4.11. The van der Waals surface area contributed by atoms with Gasteiger partial charge in [-0.15, -0.1) is 0 Å². The van der Waals surface area contributed by atoms with Gasteiger partial charge in [0.05, 0.1) is 6.07 Å². The van der Waals surface area contributed by atoms with Crippen molar-refractivity contribution in [2.45, 2.75) is 38.6 Å². The Morgan fingerprint density at radius 2 is 2.06 bits per heavy atom. The quantitative estimate of drug-likeness (QED) is 0.797. The van der Waals surface area contributed by atoms with E-state index in [-0.39, 0.29) is 5.54 Å². The van der Waals surface area contributed by atoms with Gasteiger partial charge in [-0.1, -0.05) is 11.6 Å². The van der Waals surface area contributed by atoms with Crippen LogP contribution in [0.1, 0.15) is 33.1 Å². The van der Waals surface area contributed by atoms with Crippen LogP contribution in [0.25, 0.3) is 0 Å². The Labute approximate surface area is 114 Å². The minimum absolute atomic E-state index is 0.153. The van der Waals surface area contributed by atoms with Crippen molar-refractivity contribution in [3.8, 4) is 6.07 Å². The van der Waals surface area contributed by atoms with Crippen molar-refractivity contribution < 1.29 is 0 Å². The van der Waals surface area contributed by atoms with Crippen molar-refractivity contribution in [2.24, 2.45) is 5.92 Å². The molecule has 2 rings (SSSR count). The van der Waals surface area contributed by atoms with Gasteiger partial charge in [0, 0.05) is 29.2 Å². The fourth-order valence-electron chi connectivity index (χ4n) is 2.66. The zero-order valence-electron chi connectivity index (χ0n) is 11.0. The average molecular weight is 263 g/mol. The number of nitriles is 1. The van der Waals surface area contributed by atoms with E-state index >= 15 is 0 Å². The van der Waals surface area contributed by atoms with Crippen molar-refractivity contribution in [1.29, 1.82) is 5.26 Å². The first-order chi connectivity index (χ1) is 8.53. The highest BCUT2D eigenvalue weighted by molar-refractivity contribution is 6.30. The Bertz CT molecular complexity index is 445. The Balaban J connectivity index is 2.22. The van der Waals surface area contributed by atoms with E-state index in [1.165, 1.54) is 5.69 Å². The number of hydrogen-bond acceptors (Lipinski definition) is 2. The first-order valence-electron chi connectivity index (χ1n) is 6.43. The highest BCUT2D eigenvalue weighted by atomic mass is 35.5. The van der Waals surface area contributed by atoms with Gasteiger partial charge in [-0.05, 0) is 56.9 Å². The highest BCUT2D eigenvalue weighted by Crippen LogP contribution is 2.36. The Morgan fingerprint density at radius 1 is 1.39 bits per heavy atom. The molecule has 1 aromatic carbocycles. The molecule has 0 radical (unpaired) electrons. The van der Waals surface area contributed by atoms with Crippen molar-refractivity contribution in [3.05, 3.63) is 29.3 Å². The SMILES string of the molecule is CC1(C)CCC(CC#N)CN1c1ccc(Cl)cc1. The van der Waals surface area contributed by atoms with Crippen LogP contribution in [0.4, 0.5) is 5.69 Å². The summed E-state index contributed by atoms with van der Waals surface area (Å²) < 4.78 is 0. The summed E-state index contributed by atoms with van der Waals surface area (Å²) in [5.74, 6) is 0.485. The van der Waals surface area contributed by atoms with Gasteiger partial charge in [-0.3, -0.25) is 0 Å². The van der Waals surface area contributed by atoms with Gasteiger partial charge >= 0.3 is 0 Å². The maximum atomic E-state index is 8.86. The van der Waals surface area contributed by atoms with Crippen LogP contribution >= 0.6 is 11.6 Å². The lowest BCUT2D eigenvalue weighted by molar-refractivity contribution is 0.293. The Morgan fingerprint density at radius 3 is 2.67 bits per heavy atom. The number of benzene rings is 1. The molecule has 1 atom stereocenters. The zero-order chi connectivity index (χ0) is 13.2. The molecule has 1 aliphatic rings. The molecule has 0 aliphatic carbocycles. The van der Waals surface area contributed by atoms with Gasteiger partial charge in [0.2, 0.25) is 0 Å². The monoisotopic (exact) mass is 262 g/mol. The average Bonchev–Trinajstić information content (AvgIpc) is 2.33. The smallest absolute Gasteiger partial charge is 0.0625 e. The van der Waals surface area contributed by atoms with Crippen LogP contribution in [0, 0.1) is 17.2 Å². The molecule has 1 heterocycles. The molecule has 0 N–H and O–H groups in total. The molecule has 18 heavy (non-hydrogen) atoms. The normalized spacial score (nSPS) is 22.6. The van der Waals surface area contributed by atoms with E-state index in [2.05, 4.69) is 36.9 Å². The first-order valence-corrected chi connectivity index (χ1v) is 6.81. The van der Waals surface area contributed by atoms with Gasteiger partial charge in [0.15, 0.2) is 0 Å². The summed E-state index contributed by atoms with van der Waals surface area (Å²) >= 11 is 5.94. The van der Waals surface area contributed by atoms with Crippen molar-refractivity contribution in [1.82, 2.24) is 0 Å². The van der Waals surface area contributed by atoms with E-state index in [1.54, 1.807) is 0 Å². The second-order valence-electron chi connectivity index (χ2n) is 5.67. The molecule has 2 nitrogen and oxygen atoms in total. The highest BCUT2D eigenvalue weighted by Gasteiger charge is 2.34. The fraction of sp³-hybridized carbons (Fsp3) is 0.533. The molecule has 3 heteroatoms. The largest absolute Gasteiger partial charge is 0.366 e. The van der Waals surface area contributed by atoms with E-state index in [0.717, 1.165) is 24.4 Å². The molecule has 1 aromatic rings. The third-order valence-electron chi connectivity index (χ3n) is 3.85. The number of hydrogen-bond donors (Lipinski definition) is 0. The molecule has 0 saturated carbocycles. The maximum Gasteiger partial charge on any atom is 0.0625 e. The second-order valence-corrected chi connectivity index (χ2v) is 6.10. The maximum absolute atomic E-state index is 8.86. The van der Waals surface area contributed by atoms with Gasteiger partial charge in [-0.2, -0.15) is 5.26 Å². The van der Waals surface area contributed by atoms with E-state index in [4.69, 9.17) is 16.9 Å². The van der Waals surface area contributed by atoms with E-state index in [1.807, 2.05) is 12.1 Å². The zero-order valence-corrected chi connectivity index (χ0v) is 11.7. The third kappa shape index (κ3) is 2.79. The molecule has 1 aliphatic heterocycles. The molecule has 0 spiro atoms. The van der Waals surface area contributed by atoms with Crippen LogP contribution in [0.2, 0.25) is 5.02 Å². The van der Waals surface area contributed by atoms with E-state index in [0.29, 0.717) is 12.3 Å². The summed E-state index contributed by atoms with van der Waals surface area (Å²) in [5, 5.41) is 9.62. The summed E-state index contributed by atoms with van der Waals surface area (Å²) in [6.07, 6.45) is 2.92. The Kier molecular flexibility index (Phi) is 3.82. The molecule has 0 aromatic heterocycles. The second kappa shape index (κ2) is 5.20. The summed E-state index contributed by atoms with van der Waals surface area (Å²) in [5.41, 5.74) is 1.35. The molecular weight excluding hydrogens is 244 g/mol. The van der Waals surface area contributed by atoms with Crippen LogP contribution in [0.3, 0.4) is 0 Å². The first kappa shape index (κ1) is 13.2. The molecule has 1 saturated heterocycles. The van der Waals surface area contributed by atoms with E-state index < -0.39 is 0 Å². The van der Waals surface area contributed by atoms with Crippen LogP contribution in [0.15, 0.2) is 24.3 Å². The lowest BCUT2D eigenvalue weighted by Crippen LogP contribution is -2.50. The molecule has 1 unspecified atom stereocenters. The predicted octanol–water partition coefficient (Wildman–Crippen LogP) is 4.25. The standard InChI is InChI=1S/C15H19ClN2/c1-15(2)9-7-12(8-10-17)11-18(15)14-5-3-13(16)4-6-14/h3-6,12H,7-9,11H2,1-2H3. The van der Waals surface area contributed by atoms with Gasteiger partial charge in [0.1, 0.15) is 0 Å².